The minimum Gasteiger partial charge on any atom is -0.370 e. The first kappa shape index (κ1) is 14.9. The first-order valence-electron chi connectivity index (χ1n) is 7.22. The standard InChI is InChI=1S/C13H27N5S/c1-12(17-5-3-16(2)4-6-17)11-15-13(14)18-7-9-19-10-8-18/h12H,3-11H2,1-2H3,(H2,14,15). The second-order valence-electron chi connectivity index (χ2n) is 5.49. The lowest BCUT2D eigenvalue weighted by atomic mass is 10.2. The molecule has 1 unspecified atom stereocenters. The lowest BCUT2D eigenvalue weighted by Gasteiger charge is -2.36. The summed E-state index contributed by atoms with van der Waals surface area (Å²) in [6.07, 6.45) is 0. The van der Waals surface area contributed by atoms with Gasteiger partial charge in [-0.3, -0.25) is 9.89 Å². The van der Waals surface area contributed by atoms with Crippen LogP contribution >= 0.6 is 11.8 Å². The molecule has 19 heavy (non-hydrogen) atoms. The van der Waals surface area contributed by atoms with E-state index in [9.17, 15) is 0 Å². The molecule has 0 radical (unpaired) electrons. The van der Waals surface area contributed by atoms with E-state index < -0.39 is 0 Å². The predicted molar refractivity (Wildman–Crippen MR) is 83.9 cm³/mol. The molecule has 6 heteroatoms. The third kappa shape index (κ3) is 4.54. The highest BCUT2D eigenvalue weighted by molar-refractivity contribution is 7.99. The second-order valence-corrected chi connectivity index (χ2v) is 6.71. The van der Waals surface area contributed by atoms with Crippen molar-refractivity contribution in [2.75, 3.05) is 64.4 Å². The van der Waals surface area contributed by atoms with Crippen LogP contribution in [0.4, 0.5) is 0 Å². The molecule has 2 heterocycles. The second kappa shape index (κ2) is 7.36. The molecule has 2 aliphatic heterocycles. The van der Waals surface area contributed by atoms with Gasteiger partial charge in [-0.2, -0.15) is 11.8 Å². The molecule has 2 N–H and O–H groups in total. The van der Waals surface area contributed by atoms with Crippen molar-refractivity contribution in [3.05, 3.63) is 0 Å². The number of hydrogen-bond acceptors (Lipinski definition) is 4. The van der Waals surface area contributed by atoms with Crippen LogP contribution in [0.15, 0.2) is 4.99 Å². The van der Waals surface area contributed by atoms with E-state index in [2.05, 4.69) is 33.7 Å². The van der Waals surface area contributed by atoms with Crippen LogP contribution in [0.25, 0.3) is 0 Å². The Morgan fingerprint density at radius 3 is 2.42 bits per heavy atom. The SMILES string of the molecule is CC(CN=C(N)N1CCSCC1)N1CCN(C)CC1. The third-order valence-electron chi connectivity index (χ3n) is 4.01. The van der Waals surface area contributed by atoms with Gasteiger partial charge in [0.2, 0.25) is 0 Å². The van der Waals surface area contributed by atoms with Gasteiger partial charge in [0, 0.05) is 56.8 Å². The molecule has 0 saturated carbocycles. The lowest BCUT2D eigenvalue weighted by Crippen LogP contribution is -2.49. The maximum Gasteiger partial charge on any atom is 0.191 e. The zero-order chi connectivity index (χ0) is 13.7. The summed E-state index contributed by atoms with van der Waals surface area (Å²) in [4.78, 5) is 11.7. The Morgan fingerprint density at radius 2 is 1.79 bits per heavy atom. The Labute approximate surface area is 121 Å². The van der Waals surface area contributed by atoms with E-state index in [0.29, 0.717) is 6.04 Å². The minimum absolute atomic E-state index is 0.492. The molecule has 0 aliphatic carbocycles. The molecule has 0 amide bonds. The maximum absolute atomic E-state index is 6.09. The van der Waals surface area contributed by atoms with Gasteiger partial charge in [-0.25, -0.2) is 0 Å². The first-order chi connectivity index (χ1) is 9.16. The van der Waals surface area contributed by atoms with Gasteiger partial charge in [0.1, 0.15) is 0 Å². The maximum atomic E-state index is 6.09. The van der Waals surface area contributed by atoms with Crippen molar-refractivity contribution in [3.63, 3.8) is 0 Å². The minimum atomic E-state index is 0.492. The average molecular weight is 285 g/mol. The number of rotatable bonds is 3. The Morgan fingerprint density at radius 1 is 1.16 bits per heavy atom. The van der Waals surface area contributed by atoms with E-state index in [1.165, 1.54) is 11.5 Å². The molecule has 2 saturated heterocycles. The van der Waals surface area contributed by atoms with Crippen molar-refractivity contribution in [3.8, 4) is 0 Å². The normalized spacial score (nSPS) is 25.6. The smallest absolute Gasteiger partial charge is 0.191 e. The molecule has 0 aromatic heterocycles. The summed E-state index contributed by atoms with van der Waals surface area (Å²) >= 11 is 2.00. The van der Waals surface area contributed by atoms with Crippen LogP contribution in [-0.2, 0) is 0 Å². The van der Waals surface area contributed by atoms with Gasteiger partial charge in [-0.15, -0.1) is 0 Å². The van der Waals surface area contributed by atoms with Crippen LogP contribution in [0.2, 0.25) is 0 Å². The molecule has 2 aliphatic rings. The summed E-state index contributed by atoms with van der Waals surface area (Å²) in [7, 11) is 2.19. The van der Waals surface area contributed by atoms with Crippen LogP contribution in [0, 0.1) is 0 Å². The van der Waals surface area contributed by atoms with Crippen molar-refractivity contribution in [1.29, 1.82) is 0 Å². The fourth-order valence-corrected chi connectivity index (χ4v) is 3.40. The molecule has 0 bridgehead atoms. The van der Waals surface area contributed by atoms with Crippen LogP contribution in [0.1, 0.15) is 6.92 Å². The fraction of sp³-hybridized carbons (Fsp3) is 0.923. The predicted octanol–water partition coefficient (Wildman–Crippen LogP) is -0.0142. The van der Waals surface area contributed by atoms with Crippen molar-refractivity contribution in [2.24, 2.45) is 10.7 Å². The van der Waals surface area contributed by atoms with E-state index in [0.717, 1.165) is 51.8 Å². The van der Waals surface area contributed by atoms with Crippen LogP contribution in [-0.4, -0.2) is 91.1 Å². The van der Waals surface area contributed by atoms with Gasteiger partial charge in [0.15, 0.2) is 5.96 Å². The van der Waals surface area contributed by atoms with Crippen molar-refractivity contribution in [2.45, 2.75) is 13.0 Å². The van der Waals surface area contributed by atoms with Gasteiger partial charge in [0.05, 0.1) is 6.54 Å². The van der Waals surface area contributed by atoms with Gasteiger partial charge in [-0.05, 0) is 14.0 Å². The summed E-state index contributed by atoms with van der Waals surface area (Å²) in [5.74, 6) is 3.08. The molecule has 0 aromatic carbocycles. The Hall–Kier alpha value is -0.460. The highest BCUT2D eigenvalue weighted by atomic mass is 32.2. The van der Waals surface area contributed by atoms with Crippen molar-refractivity contribution in [1.82, 2.24) is 14.7 Å². The molecule has 0 aromatic rings. The Balaban J connectivity index is 1.76. The average Bonchev–Trinajstić information content (AvgIpc) is 2.46. The summed E-state index contributed by atoms with van der Waals surface area (Å²) in [5, 5.41) is 0. The molecular formula is C13H27N5S. The number of hydrogen-bond donors (Lipinski definition) is 1. The summed E-state index contributed by atoms with van der Waals surface area (Å²) < 4.78 is 0. The van der Waals surface area contributed by atoms with E-state index in [-0.39, 0.29) is 0 Å². The molecule has 1 atom stereocenters. The zero-order valence-corrected chi connectivity index (χ0v) is 13.0. The van der Waals surface area contributed by atoms with Gasteiger partial charge < -0.3 is 15.5 Å². The molecule has 0 spiro atoms. The summed E-state index contributed by atoms with van der Waals surface area (Å²) in [6, 6.07) is 0.492. The topological polar surface area (TPSA) is 48.1 Å². The largest absolute Gasteiger partial charge is 0.370 e. The fourth-order valence-electron chi connectivity index (χ4n) is 2.50. The summed E-state index contributed by atoms with van der Waals surface area (Å²) in [5.41, 5.74) is 6.09. The Bertz CT molecular complexity index is 295. The number of nitrogens with zero attached hydrogens (tertiary/aromatic N) is 4. The number of nitrogens with two attached hydrogens (primary N) is 1. The zero-order valence-electron chi connectivity index (χ0n) is 12.2. The molecule has 5 nitrogen and oxygen atoms in total. The molecule has 110 valence electrons. The first-order valence-corrected chi connectivity index (χ1v) is 8.37. The van der Waals surface area contributed by atoms with E-state index >= 15 is 0 Å². The number of likely N-dealkylation sites (N-methyl/N-ethyl adjacent to an activating group) is 1. The molecule has 2 rings (SSSR count). The van der Waals surface area contributed by atoms with Crippen LogP contribution in [0.3, 0.4) is 0 Å². The van der Waals surface area contributed by atoms with Crippen molar-refractivity contribution < 1.29 is 0 Å². The number of guanidine groups is 1. The quantitative estimate of drug-likeness (QED) is 0.584. The monoisotopic (exact) mass is 285 g/mol. The highest BCUT2D eigenvalue weighted by Gasteiger charge is 2.19. The van der Waals surface area contributed by atoms with Gasteiger partial charge >= 0.3 is 0 Å². The summed E-state index contributed by atoms with van der Waals surface area (Å²) in [6.45, 7) is 9.78. The number of piperazine rings is 1. The number of thioether (sulfide) groups is 1. The van der Waals surface area contributed by atoms with Crippen LogP contribution < -0.4 is 5.73 Å². The van der Waals surface area contributed by atoms with Crippen molar-refractivity contribution >= 4 is 17.7 Å². The third-order valence-corrected chi connectivity index (χ3v) is 4.96. The van der Waals surface area contributed by atoms with E-state index in [1.54, 1.807) is 0 Å². The number of aliphatic imine (C=N–C) groups is 1. The van der Waals surface area contributed by atoms with E-state index in [4.69, 9.17) is 5.73 Å². The van der Waals surface area contributed by atoms with Crippen LogP contribution in [0.5, 0.6) is 0 Å². The highest BCUT2D eigenvalue weighted by Crippen LogP contribution is 2.09. The Kier molecular flexibility index (Phi) is 5.78. The molecular weight excluding hydrogens is 258 g/mol. The van der Waals surface area contributed by atoms with Gasteiger partial charge in [0.25, 0.3) is 0 Å². The van der Waals surface area contributed by atoms with E-state index in [1.807, 2.05) is 11.8 Å². The van der Waals surface area contributed by atoms with Gasteiger partial charge in [-0.1, -0.05) is 0 Å². The molecule has 2 fully saturated rings. The lowest BCUT2D eigenvalue weighted by molar-refractivity contribution is 0.122.